The molecule has 0 amide bonds. The van der Waals surface area contributed by atoms with E-state index in [1.54, 1.807) is 11.3 Å². The summed E-state index contributed by atoms with van der Waals surface area (Å²) in [5, 5.41) is 3.33. The van der Waals surface area contributed by atoms with Crippen molar-refractivity contribution in [2.24, 2.45) is 5.73 Å². The van der Waals surface area contributed by atoms with Crippen LogP contribution in [0.1, 0.15) is 23.5 Å². The molecule has 2 N–H and O–H groups in total. The molecule has 1 aromatic heterocycles. The molecule has 0 radical (unpaired) electrons. The van der Waals surface area contributed by atoms with Crippen LogP contribution < -0.4 is 10.6 Å². The van der Waals surface area contributed by atoms with Crippen molar-refractivity contribution in [3.05, 3.63) is 46.4 Å². The molecule has 0 aliphatic rings. The molecule has 102 valence electrons. The Labute approximate surface area is 119 Å². The van der Waals surface area contributed by atoms with Gasteiger partial charge in [0, 0.05) is 37.0 Å². The van der Waals surface area contributed by atoms with Crippen molar-refractivity contribution in [3.63, 3.8) is 0 Å². The van der Waals surface area contributed by atoms with Gasteiger partial charge in [0.2, 0.25) is 0 Å². The summed E-state index contributed by atoms with van der Waals surface area (Å²) in [7, 11) is 2.13. The summed E-state index contributed by atoms with van der Waals surface area (Å²) in [5.74, 6) is 0.432. The molecular weight excluding hydrogens is 254 g/mol. The summed E-state index contributed by atoms with van der Waals surface area (Å²) >= 11 is 1.74. The lowest BCUT2D eigenvalue weighted by atomic mass is 10.1. The molecule has 0 aliphatic heterocycles. The van der Waals surface area contributed by atoms with Gasteiger partial charge in [-0.2, -0.15) is 0 Å². The van der Waals surface area contributed by atoms with Gasteiger partial charge in [-0.25, -0.2) is 4.98 Å². The first-order valence-corrected chi connectivity index (χ1v) is 7.49. The van der Waals surface area contributed by atoms with E-state index in [0.717, 1.165) is 18.7 Å². The first-order valence-electron chi connectivity index (χ1n) is 6.61. The summed E-state index contributed by atoms with van der Waals surface area (Å²) in [6, 6.07) is 10.4. The largest absolute Gasteiger partial charge is 0.374 e. The second-order valence-corrected chi connectivity index (χ2v) is 5.72. The Bertz CT molecular complexity index is 495. The van der Waals surface area contributed by atoms with E-state index in [0.29, 0.717) is 12.5 Å². The van der Waals surface area contributed by atoms with Crippen LogP contribution in [0.5, 0.6) is 0 Å². The first-order chi connectivity index (χ1) is 9.20. The predicted octanol–water partition coefficient (Wildman–Crippen LogP) is 2.88. The third kappa shape index (κ3) is 3.78. The van der Waals surface area contributed by atoms with Crippen LogP contribution in [0.15, 0.2) is 35.7 Å². The van der Waals surface area contributed by atoms with Crippen molar-refractivity contribution < 1.29 is 0 Å². The molecule has 3 nitrogen and oxygen atoms in total. The summed E-state index contributed by atoms with van der Waals surface area (Å²) in [4.78, 5) is 6.93. The molecule has 0 aliphatic carbocycles. The molecule has 0 saturated heterocycles. The minimum atomic E-state index is 0.432. The molecule has 2 rings (SSSR count). The quantitative estimate of drug-likeness (QED) is 0.881. The van der Waals surface area contributed by atoms with Crippen LogP contribution in [0.2, 0.25) is 0 Å². The molecular formula is C15H21N3S. The standard InChI is InChI=1S/C15H21N3S/c1-12(15-17-13(8-9-16)11-19-15)10-18(2)14-6-4-3-5-7-14/h3-7,11-12H,8-10,16H2,1-2H3. The lowest BCUT2D eigenvalue weighted by Crippen LogP contribution is -2.22. The maximum atomic E-state index is 5.56. The van der Waals surface area contributed by atoms with Gasteiger partial charge in [0.25, 0.3) is 0 Å². The van der Waals surface area contributed by atoms with E-state index in [1.807, 2.05) is 6.07 Å². The van der Waals surface area contributed by atoms with Crippen LogP contribution >= 0.6 is 11.3 Å². The Balaban J connectivity index is 1.98. The summed E-state index contributed by atoms with van der Waals surface area (Å²) in [6.45, 7) is 3.87. The van der Waals surface area contributed by atoms with Gasteiger partial charge in [-0.05, 0) is 18.7 Å². The zero-order valence-electron chi connectivity index (χ0n) is 11.5. The van der Waals surface area contributed by atoms with Gasteiger partial charge in [-0.15, -0.1) is 11.3 Å². The highest BCUT2D eigenvalue weighted by Gasteiger charge is 2.13. The first kappa shape index (κ1) is 14.0. The van der Waals surface area contributed by atoms with E-state index >= 15 is 0 Å². The molecule has 0 spiro atoms. The lowest BCUT2D eigenvalue weighted by molar-refractivity contribution is 0.723. The average Bonchev–Trinajstić information content (AvgIpc) is 2.89. The number of nitrogens with zero attached hydrogens (tertiary/aromatic N) is 2. The van der Waals surface area contributed by atoms with Gasteiger partial charge in [0.05, 0.1) is 10.7 Å². The van der Waals surface area contributed by atoms with Gasteiger partial charge in [-0.3, -0.25) is 0 Å². The van der Waals surface area contributed by atoms with Crippen molar-refractivity contribution in [1.82, 2.24) is 4.98 Å². The van der Waals surface area contributed by atoms with Crippen LogP contribution in [-0.2, 0) is 6.42 Å². The SMILES string of the molecule is CC(CN(C)c1ccccc1)c1nc(CCN)cs1. The minimum absolute atomic E-state index is 0.432. The Hall–Kier alpha value is -1.39. The van der Waals surface area contributed by atoms with Crippen molar-refractivity contribution in [2.75, 3.05) is 25.0 Å². The molecule has 1 aromatic carbocycles. The Morgan fingerprint density at radius 3 is 2.74 bits per heavy atom. The molecule has 0 bridgehead atoms. The van der Waals surface area contributed by atoms with Crippen molar-refractivity contribution >= 4 is 17.0 Å². The number of hydrogen-bond acceptors (Lipinski definition) is 4. The fourth-order valence-corrected chi connectivity index (χ4v) is 2.99. The number of anilines is 1. The molecule has 19 heavy (non-hydrogen) atoms. The highest BCUT2D eigenvalue weighted by Crippen LogP contribution is 2.23. The van der Waals surface area contributed by atoms with E-state index < -0.39 is 0 Å². The smallest absolute Gasteiger partial charge is 0.0974 e. The van der Waals surface area contributed by atoms with E-state index in [4.69, 9.17) is 5.73 Å². The van der Waals surface area contributed by atoms with Crippen molar-refractivity contribution in [3.8, 4) is 0 Å². The number of rotatable bonds is 6. The fourth-order valence-electron chi connectivity index (χ4n) is 2.09. The van der Waals surface area contributed by atoms with Gasteiger partial charge >= 0.3 is 0 Å². The molecule has 0 fully saturated rings. The van der Waals surface area contributed by atoms with E-state index in [1.165, 1.54) is 10.7 Å². The molecule has 4 heteroatoms. The number of aromatic nitrogens is 1. The average molecular weight is 275 g/mol. The van der Waals surface area contributed by atoms with Crippen LogP contribution in [0.4, 0.5) is 5.69 Å². The number of thiazole rings is 1. The number of benzene rings is 1. The van der Waals surface area contributed by atoms with Crippen molar-refractivity contribution in [2.45, 2.75) is 19.3 Å². The zero-order valence-corrected chi connectivity index (χ0v) is 12.4. The van der Waals surface area contributed by atoms with Crippen LogP contribution in [0, 0.1) is 0 Å². The zero-order chi connectivity index (χ0) is 13.7. The highest BCUT2D eigenvalue weighted by atomic mass is 32.1. The lowest BCUT2D eigenvalue weighted by Gasteiger charge is -2.22. The van der Waals surface area contributed by atoms with Crippen molar-refractivity contribution in [1.29, 1.82) is 0 Å². The molecule has 1 unspecified atom stereocenters. The number of nitrogens with two attached hydrogens (primary N) is 1. The summed E-state index contributed by atoms with van der Waals surface area (Å²) < 4.78 is 0. The van der Waals surface area contributed by atoms with E-state index in [-0.39, 0.29) is 0 Å². The van der Waals surface area contributed by atoms with Crippen LogP contribution in [0.25, 0.3) is 0 Å². The van der Waals surface area contributed by atoms with Gasteiger partial charge in [0.15, 0.2) is 0 Å². The van der Waals surface area contributed by atoms with Gasteiger partial charge in [0.1, 0.15) is 0 Å². The molecule has 2 aromatic rings. The minimum Gasteiger partial charge on any atom is -0.374 e. The molecule has 1 heterocycles. The van der Waals surface area contributed by atoms with E-state index in [2.05, 4.69) is 53.5 Å². The molecule has 1 atom stereocenters. The second kappa shape index (κ2) is 6.68. The maximum absolute atomic E-state index is 5.56. The Kier molecular flexibility index (Phi) is 4.93. The Morgan fingerprint density at radius 2 is 2.05 bits per heavy atom. The molecule has 0 saturated carbocycles. The fraction of sp³-hybridized carbons (Fsp3) is 0.400. The Morgan fingerprint density at radius 1 is 1.32 bits per heavy atom. The predicted molar refractivity (Wildman–Crippen MR) is 83.0 cm³/mol. The normalized spacial score (nSPS) is 12.4. The number of para-hydroxylation sites is 1. The summed E-state index contributed by atoms with van der Waals surface area (Å²) in [6.07, 6.45) is 0.873. The second-order valence-electron chi connectivity index (χ2n) is 4.83. The van der Waals surface area contributed by atoms with Gasteiger partial charge < -0.3 is 10.6 Å². The van der Waals surface area contributed by atoms with Gasteiger partial charge in [-0.1, -0.05) is 25.1 Å². The monoisotopic (exact) mass is 275 g/mol. The van der Waals surface area contributed by atoms with E-state index in [9.17, 15) is 0 Å². The number of hydrogen-bond donors (Lipinski definition) is 1. The van der Waals surface area contributed by atoms with Crippen LogP contribution in [0.3, 0.4) is 0 Å². The third-order valence-electron chi connectivity index (χ3n) is 3.14. The summed E-state index contributed by atoms with van der Waals surface area (Å²) in [5.41, 5.74) is 7.92. The third-order valence-corrected chi connectivity index (χ3v) is 4.26. The maximum Gasteiger partial charge on any atom is 0.0974 e. The van der Waals surface area contributed by atoms with Crippen LogP contribution in [-0.4, -0.2) is 25.1 Å². The highest BCUT2D eigenvalue weighted by molar-refractivity contribution is 7.09. The number of likely N-dealkylation sites (N-methyl/N-ethyl adjacent to an activating group) is 1. The topological polar surface area (TPSA) is 42.2 Å².